The number of rotatable bonds is 6. The standard InChI is InChI=1S/C13H28N2S/c1-4-13(5-2,16-3)11-15-12-7-6-9-14-10-8-12/h12,14-15H,4-11H2,1-3H3. The van der Waals surface area contributed by atoms with Gasteiger partial charge in [-0.25, -0.2) is 0 Å². The molecule has 1 unspecified atom stereocenters. The van der Waals surface area contributed by atoms with Crippen LogP contribution in [0.5, 0.6) is 0 Å². The van der Waals surface area contributed by atoms with Crippen LogP contribution in [0.4, 0.5) is 0 Å². The molecule has 1 aliphatic rings. The van der Waals surface area contributed by atoms with Crippen molar-refractivity contribution in [2.75, 3.05) is 25.9 Å². The SMILES string of the molecule is CCC(CC)(CNC1CCCNCC1)SC. The second-order valence-corrected chi connectivity index (χ2v) is 6.13. The Morgan fingerprint density at radius 3 is 2.62 bits per heavy atom. The molecule has 0 aliphatic carbocycles. The quantitative estimate of drug-likeness (QED) is 0.751. The van der Waals surface area contributed by atoms with Crippen molar-refractivity contribution in [2.24, 2.45) is 0 Å². The third kappa shape index (κ3) is 4.27. The molecule has 0 aromatic carbocycles. The minimum absolute atomic E-state index is 0.458. The van der Waals surface area contributed by atoms with E-state index >= 15 is 0 Å². The predicted molar refractivity (Wildman–Crippen MR) is 75.3 cm³/mol. The van der Waals surface area contributed by atoms with Gasteiger partial charge in [-0.3, -0.25) is 0 Å². The zero-order chi connectivity index (χ0) is 11.9. The lowest BCUT2D eigenvalue weighted by atomic mass is 10.0. The highest BCUT2D eigenvalue weighted by atomic mass is 32.2. The summed E-state index contributed by atoms with van der Waals surface area (Å²) in [6, 6.07) is 0.736. The summed E-state index contributed by atoms with van der Waals surface area (Å²) < 4.78 is 0.458. The van der Waals surface area contributed by atoms with Crippen LogP contribution in [0, 0.1) is 0 Å². The molecule has 1 aliphatic heterocycles. The number of hydrogen-bond donors (Lipinski definition) is 2. The van der Waals surface area contributed by atoms with Gasteiger partial charge in [0.15, 0.2) is 0 Å². The molecule has 2 nitrogen and oxygen atoms in total. The molecule has 0 aromatic heterocycles. The van der Waals surface area contributed by atoms with Crippen molar-refractivity contribution in [3.63, 3.8) is 0 Å². The Labute approximate surface area is 105 Å². The normalized spacial score (nSPS) is 23.1. The molecule has 96 valence electrons. The van der Waals surface area contributed by atoms with E-state index in [0.717, 1.165) is 6.04 Å². The molecule has 0 amide bonds. The van der Waals surface area contributed by atoms with E-state index in [-0.39, 0.29) is 0 Å². The van der Waals surface area contributed by atoms with Crippen LogP contribution < -0.4 is 10.6 Å². The average Bonchev–Trinajstić information content (AvgIpc) is 2.60. The lowest BCUT2D eigenvalue weighted by Gasteiger charge is -2.32. The van der Waals surface area contributed by atoms with E-state index in [1.165, 1.54) is 51.7 Å². The Morgan fingerprint density at radius 2 is 2.00 bits per heavy atom. The van der Waals surface area contributed by atoms with Gasteiger partial charge in [-0.1, -0.05) is 13.8 Å². The summed E-state index contributed by atoms with van der Waals surface area (Å²) in [4.78, 5) is 0. The van der Waals surface area contributed by atoms with Gasteiger partial charge in [0.25, 0.3) is 0 Å². The summed E-state index contributed by atoms with van der Waals surface area (Å²) in [6.07, 6.45) is 8.74. The highest BCUT2D eigenvalue weighted by Gasteiger charge is 2.25. The Kier molecular flexibility index (Phi) is 6.78. The van der Waals surface area contributed by atoms with Gasteiger partial charge in [0.2, 0.25) is 0 Å². The van der Waals surface area contributed by atoms with E-state index in [2.05, 4.69) is 30.7 Å². The van der Waals surface area contributed by atoms with Crippen molar-refractivity contribution >= 4 is 11.8 Å². The van der Waals surface area contributed by atoms with E-state index in [1.807, 2.05) is 11.8 Å². The molecule has 1 heterocycles. The highest BCUT2D eigenvalue weighted by Crippen LogP contribution is 2.29. The number of nitrogens with one attached hydrogen (secondary N) is 2. The molecule has 0 aromatic rings. The van der Waals surface area contributed by atoms with E-state index in [4.69, 9.17) is 0 Å². The fourth-order valence-electron chi connectivity index (χ4n) is 2.41. The van der Waals surface area contributed by atoms with Gasteiger partial charge in [-0.15, -0.1) is 0 Å². The van der Waals surface area contributed by atoms with E-state index < -0.39 is 0 Å². The fraction of sp³-hybridized carbons (Fsp3) is 1.00. The Bertz CT molecular complexity index is 165. The summed E-state index contributed by atoms with van der Waals surface area (Å²) in [5, 5.41) is 7.27. The molecule has 3 heteroatoms. The van der Waals surface area contributed by atoms with E-state index in [9.17, 15) is 0 Å². The van der Waals surface area contributed by atoms with Crippen molar-refractivity contribution in [1.82, 2.24) is 10.6 Å². The van der Waals surface area contributed by atoms with E-state index in [0.29, 0.717) is 4.75 Å². The van der Waals surface area contributed by atoms with Crippen molar-refractivity contribution in [3.05, 3.63) is 0 Å². The molecular formula is C13H28N2S. The van der Waals surface area contributed by atoms with Crippen LogP contribution in [0.15, 0.2) is 0 Å². The Hall–Kier alpha value is 0.270. The van der Waals surface area contributed by atoms with Gasteiger partial charge in [0.1, 0.15) is 0 Å². The van der Waals surface area contributed by atoms with Gasteiger partial charge in [0.05, 0.1) is 0 Å². The number of hydrogen-bond acceptors (Lipinski definition) is 3. The first-order valence-corrected chi connectivity index (χ1v) is 7.98. The predicted octanol–water partition coefficient (Wildman–Crippen LogP) is 2.64. The minimum atomic E-state index is 0.458. The van der Waals surface area contributed by atoms with Crippen molar-refractivity contribution < 1.29 is 0 Å². The van der Waals surface area contributed by atoms with Crippen molar-refractivity contribution in [1.29, 1.82) is 0 Å². The molecule has 1 saturated heterocycles. The van der Waals surface area contributed by atoms with Gasteiger partial charge in [-0.05, 0) is 51.4 Å². The molecule has 0 bridgehead atoms. The smallest absolute Gasteiger partial charge is 0.0276 e. The van der Waals surface area contributed by atoms with Crippen LogP contribution >= 0.6 is 11.8 Å². The van der Waals surface area contributed by atoms with Crippen LogP contribution in [0.1, 0.15) is 46.0 Å². The first-order chi connectivity index (χ1) is 7.76. The molecule has 1 fully saturated rings. The first-order valence-electron chi connectivity index (χ1n) is 6.75. The Balaban J connectivity index is 2.35. The van der Waals surface area contributed by atoms with Crippen LogP contribution in [-0.4, -0.2) is 36.7 Å². The van der Waals surface area contributed by atoms with Gasteiger partial charge >= 0.3 is 0 Å². The summed E-state index contributed by atoms with van der Waals surface area (Å²) in [5.74, 6) is 0. The lowest BCUT2D eigenvalue weighted by molar-refractivity contribution is 0.414. The van der Waals surface area contributed by atoms with Gasteiger partial charge < -0.3 is 10.6 Å². The second kappa shape index (κ2) is 7.57. The lowest BCUT2D eigenvalue weighted by Crippen LogP contribution is -2.42. The summed E-state index contributed by atoms with van der Waals surface area (Å²) in [7, 11) is 0. The highest BCUT2D eigenvalue weighted by molar-refractivity contribution is 8.00. The number of thioether (sulfide) groups is 1. The van der Waals surface area contributed by atoms with E-state index in [1.54, 1.807) is 0 Å². The first kappa shape index (κ1) is 14.3. The maximum atomic E-state index is 3.79. The van der Waals surface area contributed by atoms with Gasteiger partial charge in [-0.2, -0.15) is 11.8 Å². The van der Waals surface area contributed by atoms with Crippen molar-refractivity contribution in [2.45, 2.75) is 56.7 Å². The van der Waals surface area contributed by atoms with Crippen LogP contribution in [0.3, 0.4) is 0 Å². The van der Waals surface area contributed by atoms with Crippen LogP contribution in [0.25, 0.3) is 0 Å². The fourth-order valence-corrected chi connectivity index (χ4v) is 3.22. The summed E-state index contributed by atoms with van der Waals surface area (Å²) >= 11 is 2.03. The van der Waals surface area contributed by atoms with Gasteiger partial charge in [0, 0.05) is 17.3 Å². The maximum absolute atomic E-state index is 3.79. The zero-order valence-electron chi connectivity index (χ0n) is 11.1. The third-order valence-corrected chi connectivity index (χ3v) is 5.60. The third-order valence-electron chi connectivity index (χ3n) is 4.01. The van der Waals surface area contributed by atoms with Crippen LogP contribution in [0.2, 0.25) is 0 Å². The molecule has 0 radical (unpaired) electrons. The minimum Gasteiger partial charge on any atom is -0.317 e. The molecule has 1 atom stereocenters. The van der Waals surface area contributed by atoms with Crippen molar-refractivity contribution in [3.8, 4) is 0 Å². The Morgan fingerprint density at radius 1 is 1.25 bits per heavy atom. The molecule has 2 N–H and O–H groups in total. The monoisotopic (exact) mass is 244 g/mol. The maximum Gasteiger partial charge on any atom is 0.0276 e. The van der Waals surface area contributed by atoms with Crippen LogP contribution in [-0.2, 0) is 0 Å². The second-order valence-electron chi connectivity index (χ2n) is 4.85. The topological polar surface area (TPSA) is 24.1 Å². The summed E-state index contributed by atoms with van der Waals surface area (Å²) in [6.45, 7) is 8.19. The molecule has 1 rings (SSSR count). The molecule has 16 heavy (non-hydrogen) atoms. The largest absolute Gasteiger partial charge is 0.317 e. The summed E-state index contributed by atoms with van der Waals surface area (Å²) in [5.41, 5.74) is 0. The molecular weight excluding hydrogens is 216 g/mol. The average molecular weight is 244 g/mol. The zero-order valence-corrected chi connectivity index (χ0v) is 12.0. The molecule has 0 spiro atoms. The molecule has 0 saturated carbocycles.